The Morgan fingerprint density at radius 2 is 2.19 bits per heavy atom. The highest BCUT2D eigenvalue weighted by atomic mass is 127. The summed E-state index contributed by atoms with van der Waals surface area (Å²) in [6.07, 6.45) is -1.98. The van der Waals surface area contributed by atoms with E-state index in [1.54, 1.807) is 12.1 Å². The largest absolute Gasteiger partial charge is 0.388 e. The lowest BCUT2D eigenvalue weighted by molar-refractivity contribution is -0.119. The molecule has 0 saturated heterocycles. The molecule has 0 radical (unpaired) electrons. The second-order valence-corrected chi connectivity index (χ2v) is 4.75. The molecule has 0 aliphatic rings. The normalized spacial score (nSPS) is 14.2. The van der Waals surface area contributed by atoms with Crippen molar-refractivity contribution >= 4 is 28.5 Å². The van der Waals surface area contributed by atoms with E-state index in [1.807, 2.05) is 12.1 Å². The van der Waals surface area contributed by atoms with Crippen LogP contribution >= 0.6 is 22.6 Å². The minimum atomic E-state index is -0.998. The van der Waals surface area contributed by atoms with Crippen LogP contribution in [-0.2, 0) is 4.79 Å². The minimum Gasteiger partial charge on any atom is -0.388 e. The summed E-state index contributed by atoms with van der Waals surface area (Å²) in [7, 11) is 0. The number of halogens is 1. The van der Waals surface area contributed by atoms with Gasteiger partial charge in [0.05, 0.1) is 0 Å². The number of aliphatic hydroxyl groups excluding tert-OH is 2. The molecular weight excluding hydrogens is 321 g/mol. The number of carbonyl (C=O) groups excluding carboxylic acids is 1. The van der Waals surface area contributed by atoms with Crippen molar-refractivity contribution in [2.45, 2.75) is 19.1 Å². The lowest BCUT2D eigenvalue weighted by atomic mass is 10.0. The van der Waals surface area contributed by atoms with Gasteiger partial charge >= 0.3 is 0 Å². The Morgan fingerprint density at radius 3 is 2.75 bits per heavy atom. The first kappa shape index (κ1) is 13.4. The average molecular weight is 335 g/mol. The minimum absolute atomic E-state index is 0.0436. The molecule has 0 spiro atoms. The van der Waals surface area contributed by atoms with Crippen molar-refractivity contribution < 1.29 is 15.0 Å². The first-order chi connectivity index (χ1) is 7.50. The van der Waals surface area contributed by atoms with Gasteiger partial charge in [-0.05, 0) is 40.3 Å². The third kappa shape index (κ3) is 4.07. The Morgan fingerprint density at radius 1 is 1.50 bits per heavy atom. The molecule has 0 aromatic heterocycles. The van der Waals surface area contributed by atoms with Gasteiger partial charge < -0.3 is 15.5 Å². The molecule has 0 saturated carbocycles. The standard InChI is InChI=1S/C11H14INO3/c1-7(14)13-6-10(15)11(16)8-3-2-4-9(12)5-8/h2-5,10-11,15-16H,6H2,1H3,(H,13,14). The number of hydrogen-bond donors (Lipinski definition) is 3. The summed E-state index contributed by atoms with van der Waals surface area (Å²) in [5.74, 6) is -0.228. The maximum atomic E-state index is 10.7. The quantitative estimate of drug-likeness (QED) is 0.714. The van der Waals surface area contributed by atoms with Crippen LogP contribution in [0, 0.1) is 3.57 Å². The molecule has 0 bridgehead atoms. The van der Waals surface area contributed by atoms with Gasteiger partial charge in [-0.1, -0.05) is 12.1 Å². The van der Waals surface area contributed by atoms with Crippen molar-refractivity contribution in [1.29, 1.82) is 0 Å². The van der Waals surface area contributed by atoms with Gasteiger partial charge in [-0.2, -0.15) is 0 Å². The molecule has 88 valence electrons. The second kappa shape index (κ2) is 6.17. The van der Waals surface area contributed by atoms with Gasteiger partial charge in [0.1, 0.15) is 12.2 Å². The topological polar surface area (TPSA) is 69.6 Å². The highest BCUT2D eigenvalue weighted by molar-refractivity contribution is 14.1. The van der Waals surface area contributed by atoms with Crippen LogP contribution in [0.1, 0.15) is 18.6 Å². The first-order valence-corrected chi connectivity index (χ1v) is 5.94. The fraction of sp³-hybridized carbons (Fsp3) is 0.364. The number of carbonyl (C=O) groups is 1. The molecule has 0 aliphatic carbocycles. The molecule has 4 nitrogen and oxygen atoms in total. The lowest BCUT2D eigenvalue weighted by Gasteiger charge is -2.18. The molecular formula is C11H14INO3. The summed E-state index contributed by atoms with van der Waals surface area (Å²) in [5.41, 5.74) is 0.643. The number of amides is 1. The molecule has 0 fully saturated rings. The maximum Gasteiger partial charge on any atom is 0.216 e. The molecule has 0 aliphatic heterocycles. The van der Waals surface area contributed by atoms with Crippen LogP contribution in [-0.4, -0.2) is 28.8 Å². The Labute approximate surface area is 108 Å². The van der Waals surface area contributed by atoms with Gasteiger partial charge in [0.2, 0.25) is 5.91 Å². The zero-order valence-electron chi connectivity index (χ0n) is 8.85. The molecule has 2 atom stereocenters. The summed E-state index contributed by atoms with van der Waals surface area (Å²) in [6, 6.07) is 7.24. The number of rotatable bonds is 4. The summed E-state index contributed by atoms with van der Waals surface area (Å²) < 4.78 is 0.987. The zero-order valence-corrected chi connectivity index (χ0v) is 11.0. The third-order valence-electron chi connectivity index (χ3n) is 2.11. The van der Waals surface area contributed by atoms with E-state index >= 15 is 0 Å². The predicted octanol–water partition coefficient (Wildman–Crippen LogP) is 0.822. The van der Waals surface area contributed by atoms with Crippen LogP contribution in [0.25, 0.3) is 0 Å². The first-order valence-electron chi connectivity index (χ1n) is 4.86. The monoisotopic (exact) mass is 335 g/mol. The van der Waals surface area contributed by atoms with Gasteiger partial charge in [0, 0.05) is 17.0 Å². The van der Waals surface area contributed by atoms with Gasteiger partial charge in [0.25, 0.3) is 0 Å². The fourth-order valence-electron chi connectivity index (χ4n) is 1.27. The zero-order chi connectivity index (χ0) is 12.1. The Hall–Kier alpha value is -0.660. The van der Waals surface area contributed by atoms with Crippen LogP contribution in [0.5, 0.6) is 0 Å². The van der Waals surface area contributed by atoms with Crippen LogP contribution < -0.4 is 5.32 Å². The van der Waals surface area contributed by atoms with Crippen molar-refractivity contribution in [3.05, 3.63) is 33.4 Å². The maximum absolute atomic E-state index is 10.7. The fourth-order valence-corrected chi connectivity index (χ4v) is 1.84. The van der Waals surface area contributed by atoms with Gasteiger partial charge in [-0.15, -0.1) is 0 Å². The average Bonchev–Trinajstić information content (AvgIpc) is 2.24. The number of aliphatic hydroxyl groups is 2. The molecule has 1 aromatic rings. The van der Waals surface area contributed by atoms with Gasteiger partial charge in [-0.3, -0.25) is 4.79 Å². The summed E-state index contributed by atoms with van der Waals surface area (Å²) >= 11 is 2.13. The van der Waals surface area contributed by atoms with E-state index in [2.05, 4.69) is 27.9 Å². The van der Waals surface area contributed by atoms with E-state index in [1.165, 1.54) is 6.92 Å². The predicted molar refractivity (Wildman–Crippen MR) is 68.8 cm³/mol. The molecule has 1 rings (SSSR count). The van der Waals surface area contributed by atoms with Crippen molar-refractivity contribution in [3.63, 3.8) is 0 Å². The summed E-state index contributed by atoms with van der Waals surface area (Å²) in [6.45, 7) is 1.41. The molecule has 2 unspecified atom stereocenters. The van der Waals surface area contributed by atoms with Gasteiger partial charge in [0.15, 0.2) is 0 Å². The van der Waals surface area contributed by atoms with E-state index < -0.39 is 12.2 Å². The number of hydrogen-bond acceptors (Lipinski definition) is 3. The molecule has 0 heterocycles. The highest BCUT2D eigenvalue weighted by Gasteiger charge is 2.18. The van der Waals surface area contributed by atoms with E-state index in [0.29, 0.717) is 5.56 Å². The van der Waals surface area contributed by atoms with Crippen molar-refractivity contribution in [1.82, 2.24) is 5.32 Å². The summed E-state index contributed by atoms with van der Waals surface area (Å²) in [5, 5.41) is 21.9. The van der Waals surface area contributed by atoms with Crippen LogP contribution in [0.4, 0.5) is 0 Å². The lowest BCUT2D eigenvalue weighted by Crippen LogP contribution is -2.34. The highest BCUT2D eigenvalue weighted by Crippen LogP contribution is 2.18. The van der Waals surface area contributed by atoms with E-state index in [4.69, 9.17) is 0 Å². The Kier molecular flexibility index (Phi) is 5.17. The Bertz CT molecular complexity index is 370. The van der Waals surface area contributed by atoms with Gasteiger partial charge in [-0.25, -0.2) is 0 Å². The summed E-state index contributed by atoms with van der Waals surface area (Å²) in [4.78, 5) is 10.7. The molecule has 3 N–H and O–H groups in total. The number of benzene rings is 1. The van der Waals surface area contributed by atoms with Crippen molar-refractivity contribution in [2.24, 2.45) is 0 Å². The van der Waals surface area contributed by atoms with Crippen LogP contribution in [0.15, 0.2) is 24.3 Å². The van der Waals surface area contributed by atoms with Crippen molar-refractivity contribution in [3.8, 4) is 0 Å². The Balaban J connectivity index is 2.62. The number of nitrogens with one attached hydrogen (secondary N) is 1. The van der Waals surface area contributed by atoms with E-state index in [9.17, 15) is 15.0 Å². The van der Waals surface area contributed by atoms with Crippen molar-refractivity contribution in [2.75, 3.05) is 6.54 Å². The second-order valence-electron chi connectivity index (χ2n) is 3.50. The third-order valence-corrected chi connectivity index (χ3v) is 2.79. The SMILES string of the molecule is CC(=O)NCC(O)C(O)c1cccc(I)c1. The van der Waals surface area contributed by atoms with E-state index in [0.717, 1.165) is 3.57 Å². The smallest absolute Gasteiger partial charge is 0.216 e. The molecule has 16 heavy (non-hydrogen) atoms. The molecule has 1 aromatic carbocycles. The molecule has 5 heteroatoms. The van der Waals surface area contributed by atoms with E-state index in [-0.39, 0.29) is 12.5 Å². The van der Waals surface area contributed by atoms with Crippen LogP contribution in [0.3, 0.4) is 0 Å². The molecule has 1 amide bonds. The van der Waals surface area contributed by atoms with Crippen LogP contribution in [0.2, 0.25) is 0 Å².